The Morgan fingerprint density at radius 1 is 1.08 bits per heavy atom. The van der Waals surface area contributed by atoms with Crippen LogP contribution in [0.25, 0.3) is 0 Å². The van der Waals surface area contributed by atoms with Gasteiger partial charge in [0, 0.05) is 12.0 Å². The van der Waals surface area contributed by atoms with Crippen molar-refractivity contribution in [3.63, 3.8) is 0 Å². The van der Waals surface area contributed by atoms with Crippen molar-refractivity contribution in [1.29, 1.82) is 0 Å². The van der Waals surface area contributed by atoms with Gasteiger partial charge >= 0.3 is 6.18 Å². The molecule has 0 spiro atoms. The van der Waals surface area contributed by atoms with Crippen LogP contribution < -0.4 is 0 Å². The molecule has 2 aromatic rings. The van der Waals surface area contributed by atoms with Crippen LogP contribution in [0.4, 0.5) is 13.2 Å². The van der Waals surface area contributed by atoms with E-state index in [-0.39, 0.29) is 29.3 Å². The molecule has 6 heteroatoms. The molecule has 0 aliphatic rings. The fourth-order valence-electron chi connectivity index (χ4n) is 2.34. The zero-order valence-electron chi connectivity index (χ0n) is 13.3. The zero-order valence-corrected chi connectivity index (χ0v) is 13.3. The number of halogens is 3. The van der Waals surface area contributed by atoms with Crippen LogP contribution in [0.5, 0.6) is 0 Å². The lowest BCUT2D eigenvalue weighted by atomic mass is 9.95. The first-order valence-corrected chi connectivity index (χ1v) is 7.41. The maximum atomic E-state index is 13.3. The second-order valence-corrected chi connectivity index (χ2v) is 5.77. The second-order valence-electron chi connectivity index (χ2n) is 5.77. The first kappa shape index (κ1) is 18.0. The quantitative estimate of drug-likeness (QED) is 0.721. The predicted molar refractivity (Wildman–Crippen MR) is 82.0 cm³/mol. The van der Waals surface area contributed by atoms with Crippen LogP contribution in [-0.2, 0) is 11.2 Å². The van der Waals surface area contributed by atoms with E-state index >= 15 is 0 Å². The first-order valence-electron chi connectivity index (χ1n) is 7.41. The number of hydrogen-bond acceptors (Lipinski definition) is 3. The summed E-state index contributed by atoms with van der Waals surface area (Å²) in [6.45, 7) is 3.15. The number of ketones is 2. The largest absolute Gasteiger partial charge is 0.465 e. The lowest BCUT2D eigenvalue weighted by molar-refractivity contribution is -0.153. The average molecular weight is 338 g/mol. The summed E-state index contributed by atoms with van der Waals surface area (Å²) in [4.78, 5) is 23.2. The molecule has 2 rings (SSSR count). The summed E-state index contributed by atoms with van der Waals surface area (Å²) in [5.74, 6) is -3.04. The molecule has 24 heavy (non-hydrogen) atoms. The lowest BCUT2D eigenvalue weighted by Gasteiger charge is -2.17. The van der Waals surface area contributed by atoms with E-state index in [1.165, 1.54) is 31.2 Å². The molecule has 1 aromatic heterocycles. The van der Waals surface area contributed by atoms with E-state index in [1.54, 1.807) is 12.1 Å². The van der Waals surface area contributed by atoms with Gasteiger partial charge in [-0.1, -0.05) is 29.8 Å². The van der Waals surface area contributed by atoms with Crippen molar-refractivity contribution >= 4 is 11.6 Å². The molecule has 0 N–H and O–H groups in total. The highest BCUT2D eigenvalue weighted by Crippen LogP contribution is 2.39. The Morgan fingerprint density at radius 3 is 2.25 bits per heavy atom. The summed E-state index contributed by atoms with van der Waals surface area (Å²) in [6.07, 6.45) is -5.43. The number of carbonyl (C=O) groups excluding carboxylic acids is 2. The summed E-state index contributed by atoms with van der Waals surface area (Å²) in [5.41, 5.74) is 1.14. The van der Waals surface area contributed by atoms with Gasteiger partial charge in [0.15, 0.2) is 5.78 Å². The summed E-state index contributed by atoms with van der Waals surface area (Å²) < 4.78 is 45.2. The van der Waals surface area contributed by atoms with Crippen LogP contribution >= 0.6 is 0 Å². The highest BCUT2D eigenvalue weighted by molar-refractivity contribution is 5.96. The molecular formula is C18H17F3O3. The van der Waals surface area contributed by atoms with E-state index in [9.17, 15) is 22.8 Å². The van der Waals surface area contributed by atoms with Crippen LogP contribution in [0.1, 0.15) is 46.7 Å². The van der Waals surface area contributed by atoms with Gasteiger partial charge in [-0.05, 0) is 26.0 Å². The molecule has 0 bridgehead atoms. The van der Waals surface area contributed by atoms with E-state index in [1.807, 2.05) is 6.92 Å². The van der Waals surface area contributed by atoms with Crippen LogP contribution in [0.3, 0.4) is 0 Å². The van der Waals surface area contributed by atoms with Crippen LogP contribution in [-0.4, -0.2) is 17.7 Å². The molecule has 1 aromatic carbocycles. The third-order valence-electron chi connectivity index (χ3n) is 3.61. The van der Waals surface area contributed by atoms with Crippen molar-refractivity contribution in [1.82, 2.24) is 0 Å². The minimum atomic E-state index is -4.62. The maximum Gasteiger partial charge on any atom is 0.399 e. The standard InChI is InChI=1S/C18H17F3O3/c1-11-3-5-13(6-4-11)16(23)10-15(18(19,20)21)17-8-7-14(24-17)9-12(2)22/h3-8,15H,9-10H2,1-2H3/t15-/m0/s1. The molecule has 0 aliphatic heterocycles. The van der Waals surface area contributed by atoms with Crippen molar-refractivity contribution in [2.24, 2.45) is 0 Å². The number of hydrogen-bond donors (Lipinski definition) is 0. The van der Waals surface area contributed by atoms with Gasteiger partial charge in [-0.25, -0.2) is 0 Å². The Hall–Kier alpha value is -2.37. The molecule has 1 atom stereocenters. The molecule has 3 nitrogen and oxygen atoms in total. The number of carbonyl (C=O) groups is 2. The Balaban J connectivity index is 2.23. The highest BCUT2D eigenvalue weighted by Gasteiger charge is 2.44. The van der Waals surface area contributed by atoms with Gasteiger partial charge in [0.25, 0.3) is 0 Å². The van der Waals surface area contributed by atoms with E-state index in [4.69, 9.17) is 4.42 Å². The van der Waals surface area contributed by atoms with Crippen LogP contribution in [0.2, 0.25) is 0 Å². The number of furan rings is 1. The van der Waals surface area contributed by atoms with E-state index in [0.29, 0.717) is 0 Å². The van der Waals surface area contributed by atoms with E-state index in [2.05, 4.69) is 0 Å². The highest BCUT2D eigenvalue weighted by atomic mass is 19.4. The molecule has 0 aliphatic carbocycles. The van der Waals surface area contributed by atoms with Gasteiger partial charge in [-0.15, -0.1) is 0 Å². The van der Waals surface area contributed by atoms with Crippen LogP contribution in [0.15, 0.2) is 40.8 Å². The van der Waals surface area contributed by atoms with E-state index < -0.39 is 24.3 Å². The predicted octanol–water partition coefficient (Wildman–Crippen LogP) is 4.64. The van der Waals surface area contributed by atoms with Crippen molar-refractivity contribution in [2.75, 3.05) is 0 Å². The third kappa shape index (κ3) is 4.57. The summed E-state index contributed by atoms with van der Waals surface area (Å²) in [7, 11) is 0. The summed E-state index contributed by atoms with van der Waals surface area (Å²) in [5, 5.41) is 0. The normalized spacial score (nSPS) is 12.9. The van der Waals surface area contributed by atoms with Crippen molar-refractivity contribution in [3.05, 3.63) is 59.0 Å². The summed E-state index contributed by atoms with van der Waals surface area (Å²) in [6, 6.07) is 8.88. The monoisotopic (exact) mass is 338 g/mol. The molecule has 0 fully saturated rings. The van der Waals surface area contributed by atoms with Gasteiger partial charge in [-0.2, -0.15) is 13.2 Å². The minimum absolute atomic E-state index is 0.0729. The fourth-order valence-corrected chi connectivity index (χ4v) is 2.34. The van der Waals surface area contributed by atoms with Gasteiger partial charge in [-0.3, -0.25) is 9.59 Å². The molecule has 0 unspecified atom stereocenters. The molecule has 0 amide bonds. The third-order valence-corrected chi connectivity index (χ3v) is 3.61. The fraction of sp³-hybridized carbons (Fsp3) is 0.333. The second kappa shape index (κ2) is 7.03. The number of rotatable bonds is 6. The van der Waals surface area contributed by atoms with Gasteiger partial charge < -0.3 is 4.42 Å². The zero-order chi connectivity index (χ0) is 17.9. The number of Topliss-reactive ketones (excluding diaryl/α,β-unsaturated/α-hetero) is 2. The Bertz CT molecular complexity index is 727. The Morgan fingerprint density at radius 2 is 1.71 bits per heavy atom. The van der Waals surface area contributed by atoms with Crippen molar-refractivity contribution < 1.29 is 27.2 Å². The van der Waals surface area contributed by atoms with E-state index in [0.717, 1.165) is 5.56 Å². The smallest absolute Gasteiger partial charge is 0.399 e. The number of alkyl halides is 3. The van der Waals surface area contributed by atoms with Gasteiger partial charge in [0.1, 0.15) is 23.2 Å². The van der Waals surface area contributed by atoms with Crippen molar-refractivity contribution in [2.45, 2.75) is 38.8 Å². The molecule has 128 valence electrons. The molecule has 0 saturated heterocycles. The topological polar surface area (TPSA) is 47.3 Å². The van der Waals surface area contributed by atoms with Gasteiger partial charge in [0.2, 0.25) is 0 Å². The summed E-state index contributed by atoms with van der Waals surface area (Å²) >= 11 is 0. The van der Waals surface area contributed by atoms with Crippen LogP contribution in [0, 0.1) is 6.92 Å². The minimum Gasteiger partial charge on any atom is -0.465 e. The first-order chi connectivity index (χ1) is 11.2. The maximum absolute atomic E-state index is 13.3. The number of benzene rings is 1. The van der Waals surface area contributed by atoms with Gasteiger partial charge in [0.05, 0.1) is 6.42 Å². The molecular weight excluding hydrogens is 321 g/mol. The Kier molecular flexibility index (Phi) is 5.26. The molecule has 0 saturated carbocycles. The molecule has 1 heterocycles. The van der Waals surface area contributed by atoms with Crippen molar-refractivity contribution in [3.8, 4) is 0 Å². The lowest BCUT2D eigenvalue weighted by Crippen LogP contribution is -2.23. The Labute approximate surface area is 137 Å². The molecule has 0 radical (unpaired) electrons. The SMILES string of the molecule is CC(=O)Cc1ccc([C@H](CC(=O)c2ccc(C)cc2)C(F)(F)F)o1. The number of aryl methyl sites for hydroxylation is 1. The average Bonchev–Trinajstić information content (AvgIpc) is 2.91.